The molecule has 0 bridgehead atoms. The average Bonchev–Trinajstić information content (AvgIpc) is 3.16. The van der Waals surface area contributed by atoms with Gasteiger partial charge >= 0.3 is 0 Å². The van der Waals surface area contributed by atoms with Gasteiger partial charge in [-0.05, 0) is 44.6 Å². The number of nitrogens with zero attached hydrogens (tertiary/aromatic N) is 2. The second-order valence-electron chi connectivity index (χ2n) is 7.46. The zero-order valence-electron chi connectivity index (χ0n) is 13.2. The Morgan fingerprint density at radius 1 is 1.20 bits per heavy atom. The molecule has 2 saturated heterocycles. The van der Waals surface area contributed by atoms with Crippen LogP contribution in [0.4, 0.5) is 0 Å². The molecular weight excluding hydrogens is 252 g/mol. The van der Waals surface area contributed by atoms with Gasteiger partial charge in [0.05, 0.1) is 5.60 Å². The maximum Gasteiger partial charge on any atom is 0.254 e. The van der Waals surface area contributed by atoms with Gasteiger partial charge in [0.25, 0.3) is 5.91 Å². The van der Waals surface area contributed by atoms with Crippen LogP contribution in [0.2, 0.25) is 0 Å². The largest absolute Gasteiger partial charge is 0.357 e. The number of morpholine rings is 1. The van der Waals surface area contributed by atoms with Crippen molar-refractivity contribution < 1.29 is 9.53 Å². The van der Waals surface area contributed by atoms with Gasteiger partial charge in [-0.25, -0.2) is 0 Å². The molecule has 0 aromatic rings. The molecule has 1 aliphatic carbocycles. The molecule has 0 unspecified atom stereocenters. The average molecular weight is 280 g/mol. The van der Waals surface area contributed by atoms with Crippen LogP contribution in [-0.2, 0) is 9.53 Å². The summed E-state index contributed by atoms with van der Waals surface area (Å²) in [6.45, 7) is 8.79. The highest BCUT2D eigenvalue weighted by atomic mass is 16.5. The van der Waals surface area contributed by atoms with Gasteiger partial charge in [-0.3, -0.25) is 4.79 Å². The van der Waals surface area contributed by atoms with Crippen molar-refractivity contribution in [1.29, 1.82) is 0 Å². The highest BCUT2D eigenvalue weighted by Crippen LogP contribution is 2.49. The Morgan fingerprint density at radius 3 is 2.40 bits per heavy atom. The second kappa shape index (κ2) is 4.99. The second-order valence-corrected chi connectivity index (χ2v) is 7.46. The van der Waals surface area contributed by atoms with Gasteiger partial charge in [0.1, 0.15) is 5.60 Å². The van der Waals surface area contributed by atoms with E-state index >= 15 is 0 Å². The molecule has 3 aliphatic rings. The van der Waals surface area contributed by atoms with Gasteiger partial charge in [0, 0.05) is 26.7 Å². The minimum atomic E-state index is -0.424. The van der Waals surface area contributed by atoms with E-state index in [2.05, 4.69) is 18.7 Å². The van der Waals surface area contributed by atoms with Gasteiger partial charge in [-0.1, -0.05) is 13.8 Å². The molecule has 3 rings (SSSR count). The lowest BCUT2D eigenvalue weighted by Gasteiger charge is -2.49. The maximum atomic E-state index is 12.2. The van der Waals surface area contributed by atoms with E-state index in [4.69, 9.17) is 4.74 Å². The molecule has 3 fully saturated rings. The molecule has 114 valence electrons. The molecule has 1 amide bonds. The van der Waals surface area contributed by atoms with Crippen molar-refractivity contribution in [3.05, 3.63) is 0 Å². The van der Waals surface area contributed by atoms with Crippen molar-refractivity contribution in [1.82, 2.24) is 9.80 Å². The van der Waals surface area contributed by atoms with Crippen molar-refractivity contribution >= 4 is 5.91 Å². The lowest BCUT2D eigenvalue weighted by Crippen LogP contribution is -2.62. The molecule has 4 heteroatoms. The number of carbonyl (C=O) groups excluding carboxylic acids is 1. The molecule has 2 aliphatic heterocycles. The van der Waals surface area contributed by atoms with Gasteiger partial charge in [0.15, 0.2) is 0 Å². The number of likely N-dealkylation sites (N-methyl/N-ethyl adjacent to an activating group) is 1. The van der Waals surface area contributed by atoms with Gasteiger partial charge in [-0.15, -0.1) is 0 Å². The minimum absolute atomic E-state index is 0.0620. The molecule has 0 aromatic carbocycles. The predicted molar refractivity (Wildman–Crippen MR) is 78.5 cm³/mol. The van der Waals surface area contributed by atoms with E-state index < -0.39 is 5.60 Å². The van der Waals surface area contributed by atoms with Crippen LogP contribution in [0.1, 0.15) is 46.0 Å². The van der Waals surface area contributed by atoms with E-state index in [1.54, 1.807) is 0 Å². The number of hydrogen-bond donors (Lipinski definition) is 0. The molecular formula is C16H28N2O2. The summed E-state index contributed by atoms with van der Waals surface area (Å²) >= 11 is 0. The van der Waals surface area contributed by atoms with Crippen LogP contribution in [0, 0.1) is 5.92 Å². The topological polar surface area (TPSA) is 32.8 Å². The maximum absolute atomic E-state index is 12.2. The molecule has 2 heterocycles. The Hall–Kier alpha value is -0.610. The summed E-state index contributed by atoms with van der Waals surface area (Å²) in [7, 11) is 1.94. The predicted octanol–water partition coefficient (Wildman–Crippen LogP) is 1.89. The quantitative estimate of drug-likeness (QED) is 0.791. The van der Waals surface area contributed by atoms with Crippen LogP contribution < -0.4 is 0 Å². The van der Waals surface area contributed by atoms with Gasteiger partial charge < -0.3 is 14.5 Å². The minimum Gasteiger partial charge on any atom is -0.357 e. The van der Waals surface area contributed by atoms with E-state index in [-0.39, 0.29) is 11.5 Å². The monoisotopic (exact) mass is 280 g/mol. The normalized spacial score (nSPS) is 28.6. The summed E-state index contributed by atoms with van der Waals surface area (Å²) < 4.78 is 6.35. The summed E-state index contributed by atoms with van der Waals surface area (Å²) in [6, 6.07) is 0. The summed E-state index contributed by atoms with van der Waals surface area (Å²) in [5, 5.41) is 0. The van der Waals surface area contributed by atoms with Crippen molar-refractivity contribution in [2.75, 3.05) is 33.2 Å². The first-order chi connectivity index (χ1) is 9.45. The highest BCUT2D eigenvalue weighted by molar-refractivity contribution is 5.88. The third-order valence-corrected chi connectivity index (χ3v) is 5.17. The first kappa shape index (κ1) is 14.3. The summed E-state index contributed by atoms with van der Waals surface area (Å²) in [6.07, 6.45) is 5.27. The number of carbonyl (C=O) groups is 1. The molecule has 0 aromatic heterocycles. The van der Waals surface area contributed by atoms with Crippen molar-refractivity contribution in [3.63, 3.8) is 0 Å². The Kier molecular flexibility index (Phi) is 3.57. The molecule has 20 heavy (non-hydrogen) atoms. The lowest BCUT2D eigenvalue weighted by molar-refractivity contribution is -0.197. The van der Waals surface area contributed by atoms with E-state index in [9.17, 15) is 4.79 Å². The third-order valence-electron chi connectivity index (χ3n) is 5.17. The third kappa shape index (κ3) is 2.60. The fraction of sp³-hybridized carbons (Fsp3) is 0.938. The summed E-state index contributed by atoms with van der Waals surface area (Å²) in [5.74, 6) is 0.987. The number of amides is 1. The summed E-state index contributed by atoms with van der Waals surface area (Å²) in [4.78, 5) is 16.6. The number of rotatable bonds is 3. The lowest BCUT2D eigenvalue weighted by atomic mass is 9.88. The molecule has 0 radical (unpaired) electrons. The SMILES string of the molecule is CC(C)CCN1CCC2(CC1)CN(C)C(=O)C1(CC1)O2. The molecule has 0 N–H and O–H groups in total. The van der Waals surface area contributed by atoms with Gasteiger partial charge in [-0.2, -0.15) is 0 Å². The van der Waals surface area contributed by atoms with Crippen LogP contribution >= 0.6 is 0 Å². The van der Waals surface area contributed by atoms with E-state index in [0.29, 0.717) is 0 Å². The van der Waals surface area contributed by atoms with Crippen molar-refractivity contribution in [3.8, 4) is 0 Å². The van der Waals surface area contributed by atoms with Crippen LogP contribution in [0.15, 0.2) is 0 Å². The standard InChI is InChI=1S/C16H28N2O2/c1-13(2)4-9-18-10-7-15(8-11-18)12-17(3)14(19)16(20-15)5-6-16/h13H,4-12H2,1-3H3. The first-order valence-electron chi connectivity index (χ1n) is 8.13. The number of piperidine rings is 1. The number of ether oxygens (including phenoxy) is 1. The Labute approximate surface area is 122 Å². The first-order valence-corrected chi connectivity index (χ1v) is 8.13. The zero-order valence-corrected chi connectivity index (χ0v) is 13.2. The number of hydrogen-bond acceptors (Lipinski definition) is 3. The zero-order chi connectivity index (χ0) is 14.4. The van der Waals surface area contributed by atoms with E-state index in [1.807, 2.05) is 11.9 Å². The molecule has 1 saturated carbocycles. The van der Waals surface area contributed by atoms with Crippen LogP contribution in [0.3, 0.4) is 0 Å². The highest BCUT2D eigenvalue weighted by Gasteiger charge is 2.61. The molecule has 4 nitrogen and oxygen atoms in total. The van der Waals surface area contributed by atoms with Crippen LogP contribution in [-0.4, -0.2) is 60.1 Å². The Balaban J connectivity index is 1.58. The van der Waals surface area contributed by atoms with E-state index in [1.165, 1.54) is 13.0 Å². The van der Waals surface area contributed by atoms with Crippen molar-refractivity contribution in [2.45, 2.75) is 57.2 Å². The Bertz CT molecular complexity index is 382. The smallest absolute Gasteiger partial charge is 0.254 e. The van der Waals surface area contributed by atoms with E-state index in [0.717, 1.165) is 51.2 Å². The Morgan fingerprint density at radius 2 is 1.85 bits per heavy atom. The van der Waals surface area contributed by atoms with Crippen LogP contribution in [0.5, 0.6) is 0 Å². The summed E-state index contributed by atoms with van der Waals surface area (Å²) in [5.41, 5.74) is -0.486. The molecule has 0 atom stereocenters. The van der Waals surface area contributed by atoms with Crippen molar-refractivity contribution in [2.24, 2.45) is 5.92 Å². The fourth-order valence-electron chi connectivity index (χ4n) is 3.66. The fourth-order valence-corrected chi connectivity index (χ4v) is 3.66. The van der Waals surface area contributed by atoms with Gasteiger partial charge in [0.2, 0.25) is 0 Å². The molecule has 2 spiro atoms. The number of likely N-dealkylation sites (tertiary alicyclic amines) is 1. The van der Waals surface area contributed by atoms with Crippen LogP contribution in [0.25, 0.3) is 0 Å².